The summed E-state index contributed by atoms with van der Waals surface area (Å²) in [5.41, 5.74) is -0.149. The number of ether oxygens (including phenoxy) is 2. The summed E-state index contributed by atoms with van der Waals surface area (Å²) in [7, 11) is 0. The molecule has 0 fully saturated rings. The van der Waals surface area contributed by atoms with Crippen molar-refractivity contribution in [3.63, 3.8) is 0 Å². The number of carbonyl (C=O) groups is 2. The zero-order valence-corrected chi connectivity index (χ0v) is 13.2. The third kappa shape index (κ3) is 4.28. The summed E-state index contributed by atoms with van der Waals surface area (Å²) in [6.45, 7) is 13.2. The van der Waals surface area contributed by atoms with Gasteiger partial charge in [0, 0.05) is 11.1 Å². The fraction of sp³-hybridized carbons (Fsp3) is 0.294. The molecule has 0 unspecified atom stereocenters. The standard InChI is InChI=1S/C17H19FO4/c1-10(2)15(19)21-14-9-12(7-8-13(14)18)17(5,6)22-16(20)11(3)4/h7-9H,1,3H2,2,4-6H3. The third-order valence-electron chi connectivity index (χ3n) is 2.87. The van der Waals surface area contributed by atoms with Gasteiger partial charge in [-0.1, -0.05) is 19.2 Å². The van der Waals surface area contributed by atoms with Gasteiger partial charge in [0.05, 0.1) is 0 Å². The first-order valence-electron chi connectivity index (χ1n) is 6.61. The lowest BCUT2D eigenvalue weighted by Gasteiger charge is -2.26. The van der Waals surface area contributed by atoms with Crippen LogP contribution in [0.1, 0.15) is 33.3 Å². The maximum absolute atomic E-state index is 13.7. The summed E-state index contributed by atoms with van der Waals surface area (Å²) in [6.07, 6.45) is 0. The first-order valence-corrected chi connectivity index (χ1v) is 6.61. The Bertz CT molecular complexity index is 644. The van der Waals surface area contributed by atoms with Crippen LogP contribution in [0.4, 0.5) is 4.39 Å². The lowest BCUT2D eigenvalue weighted by molar-refractivity contribution is -0.152. The molecule has 0 N–H and O–H groups in total. The Balaban J connectivity index is 3.10. The largest absolute Gasteiger partial charge is 0.451 e. The Morgan fingerprint density at radius 1 is 1.09 bits per heavy atom. The van der Waals surface area contributed by atoms with E-state index in [-0.39, 0.29) is 16.9 Å². The third-order valence-corrected chi connectivity index (χ3v) is 2.87. The van der Waals surface area contributed by atoms with E-state index in [0.717, 1.165) is 6.07 Å². The second-order valence-electron chi connectivity index (χ2n) is 5.50. The van der Waals surface area contributed by atoms with Gasteiger partial charge >= 0.3 is 11.9 Å². The molecular weight excluding hydrogens is 287 g/mol. The van der Waals surface area contributed by atoms with E-state index < -0.39 is 23.4 Å². The van der Waals surface area contributed by atoms with Crippen LogP contribution in [-0.2, 0) is 19.9 Å². The smallest absolute Gasteiger partial charge is 0.338 e. The Morgan fingerprint density at radius 3 is 2.14 bits per heavy atom. The van der Waals surface area contributed by atoms with Gasteiger partial charge in [-0.2, -0.15) is 0 Å². The van der Waals surface area contributed by atoms with Crippen LogP contribution < -0.4 is 4.74 Å². The van der Waals surface area contributed by atoms with Crippen molar-refractivity contribution in [3.8, 4) is 5.75 Å². The van der Waals surface area contributed by atoms with Gasteiger partial charge in [-0.05, 0) is 45.4 Å². The zero-order valence-electron chi connectivity index (χ0n) is 13.2. The zero-order chi connectivity index (χ0) is 17.1. The summed E-state index contributed by atoms with van der Waals surface area (Å²) in [6, 6.07) is 3.92. The molecule has 0 aliphatic rings. The van der Waals surface area contributed by atoms with Crippen LogP contribution in [0.5, 0.6) is 5.75 Å². The van der Waals surface area contributed by atoms with Crippen LogP contribution in [0.15, 0.2) is 42.5 Å². The van der Waals surface area contributed by atoms with E-state index in [9.17, 15) is 14.0 Å². The van der Waals surface area contributed by atoms with E-state index in [1.165, 1.54) is 26.0 Å². The molecule has 4 nitrogen and oxygen atoms in total. The minimum absolute atomic E-state index is 0.151. The number of halogens is 1. The van der Waals surface area contributed by atoms with E-state index >= 15 is 0 Å². The van der Waals surface area contributed by atoms with E-state index in [1.54, 1.807) is 13.8 Å². The molecule has 1 rings (SSSR count). The highest BCUT2D eigenvalue weighted by Gasteiger charge is 2.27. The van der Waals surface area contributed by atoms with Crippen LogP contribution in [0.3, 0.4) is 0 Å². The highest BCUT2D eigenvalue weighted by molar-refractivity contribution is 5.89. The maximum atomic E-state index is 13.7. The topological polar surface area (TPSA) is 52.6 Å². The second-order valence-corrected chi connectivity index (χ2v) is 5.50. The van der Waals surface area contributed by atoms with Gasteiger partial charge in [-0.3, -0.25) is 0 Å². The van der Waals surface area contributed by atoms with E-state index in [1.807, 2.05) is 0 Å². The highest BCUT2D eigenvalue weighted by Crippen LogP contribution is 2.30. The van der Waals surface area contributed by atoms with Gasteiger partial charge < -0.3 is 9.47 Å². The van der Waals surface area contributed by atoms with E-state index in [0.29, 0.717) is 5.56 Å². The molecule has 0 heterocycles. The van der Waals surface area contributed by atoms with Crippen molar-refractivity contribution >= 4 is 11.9 Å². The molecule has 0 aliphatic heterocycles. The van der Waals surface area contributed by atoms with Crippen LogP contribution in [-0.4, -0.2) is 11.9 Å². The monoisotopic (exact) mass is 306 g/mol. The summed E-state index contributed by atoms with van der Waals surface area (Å²) in [5, 5.41) is 0. The average molecular weight is 306 g/mol. The maximum Gasteiger partial charge on any atom is 0.338 e. The molecule has 118 valence electrons. The Morgan fingerprint density at radius 2 is 1.64 bits per heavy atom. The molecule has 1 aromatic rings. The number of esters is 2. The van der Waals surface area contributed by atoms with Crippen molar-refractivity contribution in [2.45, 2.75) is 33.3 Å². The SMILES string of the molecule is C=C(C)C(=O)Oc1cc(C(C)(C)OC(=O)C(=C)C)ccc1F. The van der Waals surface area contributed by atoms with Gasteiger partial charge in [0.2, 0.25) is 0 Å². The van der Waals surface area contributed by atoms with Crippen molar-refractivity contribution in [2.75, 3.05) is 0 Å². The molecule has 0 aromatic heterocycles. The minimum atomic E-state index is -1.03. The first-order chi connectivity index (χ1) is 10.0. The lowest BCUT2D eigenvalue weighted by atomic mass is 9.97. The van der Waals surface area contributed by atoms with Crippen molar-refractivity contribution in [2.24, 2.45) is 0 Å². The van der Waals surface area contributed by atoms with Crippen LogP contribution in [0.2, 0.25) is 0 Å². The average Bonchev–Trinajstić information content (AvgIpc) is 2.40. The lowest BCUT2D eigenvalue weighted by Crippen LogP contribution is -2.26. The Labute approximate surface area is 129 Å². The quantitative estimate of drug-likeness (QED) is 0.473. The Kier molecular flexibility index (Phi) is 5.25. The molecule has 5 heteroatoms. The van der Waals surface area contributed by atoms with Gasteiger partial charge in [0.1, 0.15) is 5.60 Å². The molecule has 0 atom stereocenters. The summed E-state index contributed by atoms with van der Waals surface area (Å²) >= 11 is 0. The molecular formula is C17H19FO4. The predicted octanol–water partition coefficient (Wildman–Crippen LogP) is 3.66. The predicted molar refractivity (Wildman–Crippen MR) is 80.8 cm³/mol. The minimum Gasteiger partial charge on any atom is -0.451 e. The number of hydrogen-bond acceptors (Lipinski definition) is 4. The van der Waals surface area contributed by atoms with Gasteiger partial charge in [0.15, 0.2) is 11.6 Å². The van der Waals surface area contributed by atoms with Crippen molar-refractivity contribution in [1.29, 1.82) is 0 Å². The van der Waals surface area contributed by atoms with Crippen molar-refractivity contribution in [3.05, 3.63) is 53.9 Å². The van der Waals surface area contributed by atoms with Crippen molar-refractivity contribution < 1.29 is 23.5 Å². The van der Waals surface area contributed by atoms with Crippen molar-refractivity contribution in [1.82, 2.24) is 0 Å². The van der Waals surface area contributed by atoms with Gasteiger partial charge in [-0.25, -0.2) is 14.0 Å². The molecule has 0 spiro atoms. The molecule has 0 amide bonds. The fourth-order valence-corrected chi connectivity index (χ4v) is 1.52. The molecule has 0 aliphatic carbocycles. The highest BCUT2D eigenvalue weighted by atomic mass is 19.1. The summed E-state index contributed by atoms with van der Waals surface area (Å²) < 4.78 is 24.0. The van der Waals surface area contributed by atoms with Gasteiger partial charge in [0.25, 0.3) is 0 Å². The van der Waals surface area contributed by atoms with E-state index in [4.69, 9.17) is 9.47 Å². The molecule has 0 saturated heterocycles. The van der Waals surface area contributed by atoms with Gasteiger partial charge in [-0.15, -0.1) is 0 Å². The summed E-state index contributed by atoms with van der Waals surface area (Å²) in [5.74, 6) is -2.23. The molecule has 0 bridgehead atoms. The number of hydrogen-bond donors (Lipinski definition) is 0. The number of rotatable bonds is 5. The van der Waals surface area contributed by atoms with Crippen LogP contribution in [0, 0.1) is 5.82 Å². The van der Waals surface area contributed by atoms with Crippen LogP contribution >= 0.6 is 0 Å². The summed E-state index contributed by atoms with van der Waals surface area (Å²) in [4.78, 5) is 23.2. The fourth-order valence-electron chi connectivity index (χ4n) is 1.52. The van der Waals surface area contributed by atoms with Crippen LogP contribution in [0.25, 0.3) is 0 Å². The Hall–Kier alpha value is -2.43. The molecule has 1 aromatic carbocycles. The second kappa shape index (κ2) is 6.56. The van der Waals surface area contributed by atoms with E-state index in [2.05, 4.69) is 13.2 Å². The number of carbonyl (C=O) groups excluding carboxylic acids is 2. The number of benzene rings is 1. The molecule has 22 heavy (non-hydrogen) atoms. The normalized spacial score (nSPS) is 10.8. The molecule has 0 saturated carbocycles. The first kappa shape index (κ1) is 17.6. The molecule has 0 radical (unpaired) electrons.